The number of aliphatic hydroxyl groups excluding tert-OH is 1. The molecule has 1 aromatic carbocycles. The molecule has 0 saturated carbocycles. The van der Waals surface area contributed by atoms with E-state index >= 15 is 0 Å². The van der Waals surface area contributed by atoms with Crippen LogP contribution in [0.5, 0.6) is 0 Å². The summed E-state index contributed by atoms with van der Waals surface area (Å²) in [6.07, 6.45) is -3.98. The molecule has 1 aliphatic heterocycles. The minimum absolute atomic E-state index is 0.0870. The molecule has 1 saturated heterocycles. The van der Waals surface area contributed by atoms with Gasteiger partial charge in [0.05, 0.1) is 18.0 Å². The monoisotopic (exact) mass is 596 g/mol. The fraction of sp³-hybridized carbons (Fsp3) is 0.400. The third-order valence-electron chi connectivity index (χ3n) is 5.82. The Kier molecular flexibility index (Phi) is 8.03. The average Bonchev–Trinajstić information content (AvgIpc) is 3.29. The van der Waals surface area contributed by atoms with E-state index in [1.165, 1.54) is 22.9 Å². The Morgan fingerprint density at radius 3 is 2.58 bits per heavy atom. The maximum Gasteiger partial charge on any atom is 0.340 e. The van der Waals surface area contributed by atoms with Crippen LogP contribution in [0.3, 0.4) is 0 Å². The molecule has 208 valence electrons. The molecule has 14 nitrogen and oxygen atoms in total. The van der Waals surface area contributed by atoms with Gasteiger partial charge in [0.2, 0.25) is 11.1 Å². The highest BCUT2D eigenvalue weighted by Gasteiger charge is 2.56. The molecule has 0 spiro atoms. The molecule has 4 rings (SSSR count). The van der Waals surface area contributed by atoms with Crippen LogP contribution in [0.2, 0.25) is 5.28 Å². The molecule has 5 atom stereocenters. The number of rotatable bonds is 9. The Labute approximate surface area is 219 Å². The molecule has 3 heterocycles. The second-order valence-electron chi connectivity index (χ2n) is 8.67. The minimum Gasteiger partial charge on any atom is -0.383 e. The van der Waals surface area contributed by atoms with E-state index in [0.29, 0.717) is 10.9 Å². The largest absolute Gasteiger partial charge is 0.383 e. The standard InChI is InChI=1S/C20H24ClFN4O10P2/c1-10(11-4-2-3-5-13(11)22)23-16-12-6-7-26(17(12)25-19(21)24-16)18-15(27)20(28,29)14(36-18)8-35-38(33,34)9-37(30,31)32/h2-7,10,14-15,18,27-29H,8-9H2,1H3,(H,33,34)(H,23,24,25)(H2,30,31,32)/t10-,14+,15-,18+/m0/s1. The van der Waals surface area contributed by atoms with Crippen molar-refractivity contribution in [3.8, 4) is 0 Å². The number of hydrogen-bond donors (Lipinski definition) is 7. The molecule has 0 bridgehead atoms. The first-order chi connectivity index (χ1) is 17.6. The van der Waals surface area contributed by atoms with E-state index in [4.69, 9.17) is 26.1 Å². The van der Waals surface area contributed by atoms with Gasteiger partial charge in [-0.15, -0.1) is 0 Å². The number of halogens is 2. The third-order valence-corrected chi connectivity index (χ3v) is 9.44. The topological polar surface area (TPSA) is 217 Å². The van der Waals surface area contributed by atoms with Gasteiger partial charge in [-0.05, 0) is 30.7 Å². The second-order valence-corrected chi connectivity index (χ2v) is 13.0. The molecule has 18 heteroatoms. The van der Waals surface area contributed by atoms with E-state index in [2.05, 4.69) is 19.8 Å². The third kappa shape index (κ3) is 6.09. The maximum atomic E-state index is 14.2. The summed E-state index contributed by atoms with van der Waals surface area (Å²) in [7, 11) is -9.77. The zero-order chi connectivity index (χ0) is 28.0. The number of fused-ring (bicyclic) bond motifs is 1. The summed E-state index contributed by atoms with van der Waals surface area (Å²) in [4.78, 5) is 35.8. The van der Waals surface area contributed by atoms with Gasteiger partial charge in [-0.3, -0.25) is 9.13 Å². The van der Waals surface area contributed by atoms with Crippen molar-refractivity contribution in [1.29, 1.82) is 0 Å². The van der Waals surface area contributed by atoms with Gasteiger partial charge >= 0.3 is 15.2 Å². The van der Waals surface area contributed by atoms with Gasteiger partial charge in [0.25, 0.3) is 0 Å². The van der Waals surface area contributed by atoms with Crippen LogP contribution >= 0.6 is 26.8 Å². The van der Waals surface area contributed by atoms with Crippen LogP contribution in [-0.2, 0) is 18.4 Å². The first-order valence-electron chi connectivity index (χ1n) is 10.9. The van der Waals surface area contributed by atoms with Gasteiger partial charge in [-0.25, -0.2) is 9.37 Å². The maximum absolute atomic E-state index is 14.2. The molecule has 1 unspecified atom stereocenters. The van der Waals surface area contributed by atoms with Crippen molar-refractivity contribution in [3.05, 3.63) is 53.2 Å². The molecule has 0 radical (unpaired) electrons. The summed E-state index contributed by atoms with van der Waals surface area (Å²) < 4.78 is 48.6. The van der Waals surface area contributed by atoms with Crippen LogP contribution in [-0.4, -0.2) is 75.0 Å². The van der Waals surface area contributed by atoms with Crippen molar-refractivity contribution in [1.82, 2.24) is 14.5 Å². The van der Waals surface area contributed by atoms with E-state index in [1.54, 1.807) is 25.1 Å². The van der Waals surface area contributed by atoms with E-state index in [9.17, 15) is 33.7 Å². The van der Waals surface area contributed by atoms with Crippen LogP contribution in [0.25, 0.3) is 11.0 Å². The number of aromatic nitrogens is 3. The molecule has 2 aromatic heterocycles. The highest BCUT2D eigenvalue weighted by molar-refractivity contribution is 7.70. The van der Waals surface area contributed by atoms with E-state index in [-0.39, 0.29) is 16.7 Å². The summed E-state index contributed by atoms with van der Waals surface area (Å²) >= 11 is 6.10. The Hall–Kier alpha value is -2.00. The van der Waals surface area contributed by atoms with Crippen LogP contribution in [0.1, 0.15) is 24.8 Å². The fourth-order valence-electron chi connectivity index (χ4n) is 4.01. The predicted molar refractivity (Wildman–Crippen MR) is 131 cm³/mol. The first-order valence-corrected chi connectivity index (χ1v) is 14.9. The SMILES string of the molecule is C[C@H](Nc1nc(Cl)nc2c1ccn2[C@@H]1O[C@H](COP(=O)(O)CP(=O)(O)O)C(O)(O)[C@H]1O)c1ccccc1F. The van der Waals surface area contributed by atoms with E-state index in [1.807, 2.05) is 0 Å². The highest BCUT2D eigenvalue weighted by atomic mass is 35.5. The van der Waals surface area contributed by atoms with Crippen LogP contribution in [0, 0.1) is 5.82 Å². The number of hydrogen-bond acceptors (Lipinski definition) is 10. The summed E-state index contributed by atoms with van der Waals surface area (Å²) in [5, 5.41) is 34.6. The molecule has 1 aliphatic rings. The number of nitrogens with one attached hydrogen (secondary N) is 1. The van der Waals surface area contributed by atoms with Gasteiger partial charge in [0.1, 0.15) is 23.4 Å². The zero-order valence-electron chi connectivity index (χ0n) is 19.5. The quantitative estimate of drug-likeness (QED) is 0.106. The summed E-state index contributed by atoms with van der Waals surface area (Å²) in [6.45, 7) is 0.695. The lowest BCUT2D eigenvalue weighted by Gasteiger charge is -2.25. The fourth-order valence-corrected chi connectivity index (χ4v) is 6.73. The number of nitrogens with zero attached hydrogens (tertiary/aromatic N) is 3. The Bertz CT molecular complexity index is 1440. The van der Waals surface area contributed by atoms with Crippen molar-refractivity contribution in [2.75, 3.05) is 17.8 Å². The lowest BCUT2D eigenvalue weighted by Crippen LogP contribution is -2.49. The summed E-state index contributed by atoms with van der Waals surface area (Å²) in [5.74, 6) is -4.73. The van der Waals surface area contributed by atoms with Crippen molar-refractivity contribution >= 4 is 43.6 Å². The molecule has 0 amide bonds. The normalized spacial score (nSPS) is 23.9. The van der Waals surface area contributed by atoms with Gasteiger partial charge < -0.3 is 49.1 Å². The average molecular weight is 597 g/mol. The summed E-state index contributed by atoms with van der Waals surface area (Å²) in [5.41, 5.74) is 0.446. The molecular weight excluding hydrogens is 573 g/mol. The van der Waals surface area contributed by atoms with Crippen molar-refractivity contribution < 1.29 is 52.8 Å². The first kappa shape index (κ1) is 29.0. The summed E-state index contributed by atoms with van der Waals surface area (Å²) in [6, 6.07) is 7.09. The van der Waals surface area contributed by atoms with Gasteiger partial charge in [-0.2, -0.15) is 4.98 Å². The van der Waals surface area contributed by atoms with Crippen LogP contribution < -0.4 is 5.32 Å². The Morgan fingerprint density at radius 1 is 1.24 bits per heavy atom. The second kappa shape index (κ2) is 10.5. The number of anilines is 1. The smallest absolute Gasteiger partial charge is 0.340 e. The molecule has 1 fully saturated rings. The lowest BCUT2D eigenvalue weighted by molar-refractivity contribution is -0.234. The van der Waals surface area contributed by atoms with Gasteiger partial charge in [0, 0.05) is 11.8 Å². The van der Waals surface area contributed by atoms with Crippen LogP contribution in [0.15, 0.2) is 36.5 Å². The molecule has 38 heavy (non-hydrogen) atoms. The van der Waals surface area contributed by atoms with Crippen LogP contribution in [0.4, 0.5) is 10.2 Å². The van der Waals surface area contributed by atoms with Crippen molar-refractivity contribution in [3.63, 3.8) is 0 Å². The highest BCUT2D eigenvalue weighted by Crippen LogP contribution is 2.55. The Morgan fingerprint density at radius 2 is 1.92 bits per heavy atom. The molecule has 3 aromatic rings. The molecule has 7 N–H and O–H groups in total. The Balaban J connectivity index is 1.60. The number of aliphatic hydroxyl groups is 3. The zero-order valence-corrected chi connectivity index (χ0v) is 22.0. The van der Waals surface area contributed by atoms with Gasteiger partial charge in [-0.1, -0.05) is 18.2 Å². The predicted octanol–water partition coefficient (Wildman–Crippen LogP) is 1.67. The number of benzene rings is 1. The van der Waals surface area contributed by atoms with Crippen molar-refractivity contribution in [2.24, 2.45) is 0 Å². The molecular formula is C20H24ClFN4O10P2. The molecule has 0 aliphatic carbocycles. The van der Waals surface area contributed by atoms with E-state index < -0.39 is 63.8 Å². The minimum atomic E-state index is -4.93. The van der Waals surface area contributed by atoms with Gasteiger partial charge in [0.15, 0.2) is 18.2 Å². The lowest BCUT2D eigenvalue weighted by atomic mass is 10.1. The van der Waals surface area contributed by atoms with E-state index in [0.717, 1.165) is 0 Å². The van der Waals surface area contributed by atoms with Crippen molar-refractivity contribution in [2.45, 2.75) is 37.2 Å². The number of ether oxygens (including phenoxy) is 1.